The first kappa shape index (κ1) is 14.5. The van der Waals surface area contributed by atoms with Crippen molar-refractivity contribution in [3.05, 3.63) is 29.3 Å². The summed E-state index contributed by atoms with van der Waals surface area (Å²) in [6.07, 6.45) is 0. The highest BCUT2D eigenvalue weighted by Crippen LogP contribution is 2.20. The molecule has 0 unspecified atom stereocenters. The Balaban J connectivity index is 2.94. The van der Waals surface area contributed by atoms with E-state index in [-0.39, 0.29) is 17.2 Å². The van der Waals surface area contributed by atoms with E-state index in [0.717, 1.165) is 0 Å². The average Bonchev–Trinajstić information content (AvgIpc) is 2.32. The molecule has 1 amide bonds. The summed E-state index contributed by atoms with van der Waals surface area (Å²) in [6, 6.07) is 4.93. The third-order valence-electron chi connectivity index (χ3n) is 2.56. The van der Waals surface area contributed by atoms with Crippen LogP contribution in [0, 0.1) is 6.92 Å². The predicted octanol–water partition coefficient (Wildman–Crippen LogP) is 2.98. The molecule has 0 atom stereocenters. The second kappa shape index (κ2) is 5.87. The quantitative estimate of drug-likeness (QED) is 0.807. The molecule has 5 heteroatoms. The standard InChI is InChI=1S/C12H15Br2NO2/c1-8-9(4-3-5-10(8)16)11(17)15-12(2,6-13)7-14/h3-5,16H,6-7H2,1-2H3,(H,15,17). The summed E-state index contributed by atoms with van der Waals surface area (Å²) >= 11 is 6.74. The Kier molecular flexibility index (Phi) is 5.01. The summed E-state index contributed by atoms with van der Waals surface area (Å²) in [6.45, 7) is 3.66. The number of hydrogen-bond donors (Lipinski definition) is 2. The van der Waals surface area contributed by atoms with Crippen molar-refractivity contribution in [1.29, 1.82) is 0 Å². The lowest BCUT2D eigenvalue weighted by atomic mass is 10.0. The normalized spacial score (nSPS) is 11.3. The number of phenolic OH excluding ortho intramolecular Hbond substituents is 1. The topological polar surface area (TPSA) is 49.3 Å². The van der Waals surface area contributed by atoms with Crippen molar-refractivity contribution >= 4 is 37.8 Å². The van der Waals surface area contributed by atoms with Gasteiger partial charge in [0, 0.05) is 21.8 Å². The van der Waals surface area contributed by atoms with Crippen LogP contribution in [-0.4, -0.2) is 27.2 Å². The van der Waals surface area contributed by atoms with E-state index in [9.17, 15) is 9.90 Å². The summed E-state index contributed by atoms with van der Waals surface area (Å²) in [4.78, 5) is 12.1. The van der Waals surface area contributed by atoms with Crippen LogP contribution in [0.5, 0.6) is 5.75 Å². The lowest BCUT2D eigenvalue weighted by molar-refractivity contribution is 0.0922. The van der Waals surface area contributed by atoms with Crippen molar-refractivity contribution in [3.63, 3.8) is 0 Å². The van der Waals surface area contributed by atoms with E-state index in [1.807, 2.05) is 6.92 Å². The van der Waals surface area contributed by atoms with Crippen molar-refractivity contribution in [2.24, 2.45) is 0 Å². The number of hydrogen-bond acceptors (Lipinski definition) is 2. The van der Waals surface area contributed by atoms with Crippen LogP contribution in [0.4, 0.5) is 0 Å². The summed E-state index contributed by atoms with van der Waals surface area (Å²) in [5.74, 6) is -0.0446. The number of amides is 1. The molecule has 1 aromatic carbocycles. The Morgan fingerprint density at radius 3 is 2.53 bits per heavy atom. The minimum absolute atomic E-state index is 0.136. The van der Waals surface area contributed by atoms with Gasteiger partial charge in [0.2, 0.25) is 0 Å². The second-order valence-corrected chi connectivity index (χ2v) is 5.35. The molecule has 0 aliphatic rings. The maximum atomic E-state index is 12.1. The number of phenols is 1. The Bertz CT molecular complexity index is 417. The van der Waals surface area contributed by atoms with E-state index in [1.165, 1.54) is 0 Å². The molecule has 0 aromatic heterocycles. The number of nitrogens with one attached hydrogen (secondary N) is 1. The fraction of sp³-hybridized carbons (Fsp3) is 0.417. The minimum atomic E-state index is -0.352. The highest BCUT2D eigenvalue weighted by Gasteiger charge is 2.25. The van der Waals surface area contributed by atoms with E-state index in [2.05, 4.69) is 37.2 Å². The molecule has 0 bridgehead atoms. The molecular weight excluding hydrogens is 350 g/mol. The first-order chi connectivity index (χ1) is 7.93. The van der Waals surface area contributed by atoms with Crippen molar-refractivity contribution in [3.8, 4) is 5.75 Å². The molecule has 2 N–H and O–H groups in total. The summed E-state index contributed by atoms with van der Waals surface area (Å²) in [5, 5.41) is 13.8. The SMILES string of the molecule is Cc1c(O)cccc1C(=O)NC(C)(CBr)CBr. The lowest BCUT2D eigenvalue weighted by Gasteiger charge is -2.26. The van der Waals surface area contributed by atoms with Gasteiger partial charge in [-0.05, 0) is 26.0 Å². The van der Waals surface area contributed by atoms with Gasteiger partial charge in [0.25, 0.3) is 5.91 Å². The number of aromatic hydroxyl groups is 1. The van der Waals surface area contributed by atoms with Crippen LogP contribution >= 0.6 is 31.9 Å². The van der Waals surface area contributed by atoms with Gasteiger partial charge >= 0.3 is 0 Å². The van der Waals surface area contributed by atoms with E-state index >= 15 is 0 Å². The van der Waals surface area contributed by atoms with Gasteiger partial charge in [-0.3, -0.25) is 4.79 Å². The van der Waals surface area contributed by atoms with Crippen LogP contribution in [0.1, 0.15) is 22.8 Å². The summed E-state index contributed by atoms with van der Waals surface area (Å²) in [7, 11) is 0. The number of benzene rings is 1. The zero-order chi connectivity index (χ0) is 13.1. The first-order valence-corrected chi connectivity index (χ1v) is 7.41. The van der Waals surface area contributed by atoms with Gasteiger partial charge in [0.05, 0.1) is 5.54 Å². The van der Waals surface area contributed by atoms with E-state index in [0.29, 0.717) is 21.8 Å². The van der Waals surface area contributed by atoms with E-state index in [1.54, 1.807) is 25.1 Å². The smallest absolute Gasteiger partial charge is 0.252 e. The molecule has 0 saturated heterocycles. The number of carbonyl (C=O) groups excluding carboxylic acids is 1. The fourth-order valence-corrected chi connectivity index (χ4v) is 2.52. The van der Waals surface area contributed by atoms with E-state index in [4.69, 9.17) is 0 Å². The third-order valence-corrected chi connectivity index (χ3v) is 5.03. The van der Waals surface area contributed by atoms with Crippen molar-refractivity contribution < 1.29 is 9.90 Å². The molecule has 0 aliphatic heterocycles. The zero-order valence-corrected chi connectivity index (χ0v) is 12.9. The first-order valence-electron chi connectivity index (χ1n) is 5.16. The Labute approximate surface area is 118 Å². The lowest BCUT2D eigenvalue weighted by Crippen LogP contribution is -2.49. The van der Waals surface area contributed by atoms with Gasteiger partial charge in [-0.2, -0.15) is 0 Å². The third kappa shape index (κ3) is 3.45. The van der Waals surface area contributed by atoms with Gasteiger partial charge < -0.3 is 10.4 Å². The largest absolute Gasteiger partial charge is 0.508 e. The molecular formula is C12H15Br2NO2. The maximum absolute atomic E-state index is 12.1. The highest BCUT2D eigenvalue weighted by atomic mass is 79.9. The van der Waals surface area contributed by atoms with Gasteiger partial charge in [-0.15, -0.1) is 0 Å². The number of rotatable bonds is 4. The van der Waals surface area contributed by atoms with Crippen LogP contribution in [0.3, 0.4) is 0 Å². The van der Waals surface area contributed by atoms with Crippen molar-refractivity contribution in [1.82, 2.24) is 5.32 Å². The fourth-order valence-electron chi connectivity index (χ4n) is 1.31. The maximum Gasteiger partial charge on any atom is 0.252 e. The van der Waals surface area contributed by atoms with Crippen LogP contribution < -0.4 is 5.32 Å². The number of halogens is 2. The highest BCUT2D eigenvalue weighted by molar-refractivity contribution is 9.09. The monoisotopic (exact) mass is 363 g/mol. The Morgan fingerprint density at radius 2 is 2.00 bits per heavy atom. The van der Waals surface area contributed by atoms with Crippen LogP contribution in [0.25, 0.3) is 0 Å². The molecule has 1 rings (SSSR count). The van der Waals surface area contributed by atoms with Gasteiger partial charge in [0.1, 0.15) is 5.75 Å². The zero-order valence-electron chi connectivity index (χ0n) is 9.76. The average molecular weight is 365 g/mol. The molecule has 1 aromatic rings. The van der Waals surface area contributed by atoms with Gasteiger partial charge in [-0.1, -0.05) is 37.9 Å². The summed E-state index contributed by atoms with van der Waals surface area (Å²) in [5.41, 5.74) is 0.740. The van der Waals surface area contributed by atoms with Crippen LogP contribution in [0.15, 0.2) is 18.2 Å². The minimum Gasteiger partial charge on any atom is -0.508 e. The molecule has 0 aliphatic carbocycles. The van der Waals surface area contributed by atoms with Crippen LogP contribution in [-0.2, 0) is 0 Å². The van der Waals surface area contributed by atoms with Crippen molar-refractivity contribution in [2.45, 2.75) is 19.4 Å². The Morgan fingerprint density at radius 1 is 1.41 bits per heavy atom. The van der Waals surface area contributed by atoms with Crippen molar-refractivity contribution in [2.75, 3.05) is 10.7 Å². The number of carbonyl (C=O) groups is 1. The second-order valence-electron chi connectivity index (χ2n) is 4.23. The van der Waals surface area contributed by atoms with E-state index < -0.39 is 0 Å². The number of alkyl halides is 2. The molecule has 0 saturated carbocycles. The predicted molar refractivity (Wildman–Crippen MR) is 76.3 cm³/mol. The summed E-state index contributed by atoms with van der Waals surface area (Å²) < 4.78 is 0. The van der Waals surface area contributed by atoms with Gasteiger partial charge in [0.15, 0.2) is 0 Å². The molecule has 0 fully saturated rings. The van der Waals surface area contributed by atoms with Gasteiger partial charge in [-0.25, -0.2) is 0 Å². The molecule has 0 spiro atoms. The molecule has 3 nitrogen and oxygen atoms in total. The molecule has 17 heavy (non-hydrogen) atoms. The van der Waals surface area contributed by atoms with Crippen LogP contribution in [0.2, 0.25) is 0 Å². The molecule has 0 heterocycles. The molecule has 0 radical (unpaired) electrons. The Hall–Kier alpha value is -0.550. The molecule has 94 valence electrons.